The maximum Gasteiger partial charge on any atom is 0.269 e. The summed E-state index contributed by atoms with van der Waals surface area (Å²) in [5.41, 5.74) is 1.69. The zero-order valence-electron chi connectivity index (χ0n) is 11.2. The number of nitrogens with one attached hydrogen (secondary N) is 1. The van der Waals surface area contributed by atoms with Crippen LogP contribution in [-0.2, 0) is 6.54 Å². The molecule has 3 heterocycles. The summed E-state index contributed by atoms with van der Waals surface area (Å²) in [5, 5.41) is 7.72. The molecule has 0 aliphatic heterocycles. The van der Waals surface area contributed by atoms with E-state index in [0.717, 1.165) is 15.5 Å². The van der Waals surface area contributed by atoms with Crippen LogP contribution in [-0.4, -0.2) is 20.3 Å². The molecular weight excluding hydrogens is 292 g/mol. The van der Waals surface area contributed by atoms with Crippen LogP contribution in [0.1, 0.15) is 41.0 Å². The predicted molar refractivity (Wildman–Crippen MR) is 80.4 cm³/mol. The van der Waals surface area contributed by atoms with Crippen LogP contribution < -0.4 is 5.32 Å². The van der Waals surface area contributed by atoms with E-state index in [1.807, 2.05) is 10.8 Å². The Morgan fingerprint density at radius 3 is 3.00 bits per heavy atom. The summed E-state index contributed by atoms with van der Waals surface area (Å²) < 4.78 is 1.79. The average molecular weight is 306 g/mol. The molecule has 0 atom stereocenters. The molecule has 1 N–H and O–H groups in total. The van der Waals surface area contributed by atoms with Crippen LogP contribution in [0, 0.1) is 0 Å². The van der Waals surface area contributed by atoms with Gasteiger partial charge in [-0.3, -0.25) is 9.20 Å². The van der Waals surface area contributed by atoms with E-state index in [2.05, 4.69) is 29.1 Å². The van der Waals surface area contributed by atoms with E-state index in [0.29, 0.717) is 18.2 Å². The molecule has 20 heavy (non-hydrogen) atoms. The smallest absolute Gasteiger partial charge is 0.269 e. The normalized spacial score (nSPS) is 11.3. The Morgan fingerprint density at radius 2 is 2.25 bits per heavy atom. The standard InChI is InChI=1S/C13H14N4OS2/c1-8(2)9-5-19-11(16-9)3-15-13(18)10-6-20-12-4-14-7-17(10)12/h4-8H,3H2,1-2H3,(H,15,18). The Balaban J connectivity index is 1.68. The van der Waals surface area contributed by atoms with Gasteiger partial charge in [-0.1, -0.05) is 13.8 Å². The van der Waals surface area contributed by atoms with Crippen LogP contribution >= 0.6 is 22.7 Å². The van der Waals surface area contributed by atoms with E-state index in [4.69, 9.17) is 0 Å². The topological polar surface area (TPSA) is 59.3 Å². The highest BCUT2D eigenvalue weighted by Gasteiger charge is 2.13. The SMILES string of the molecule is CC(C)c1csc(CNC(=O)c2csc3cncn23)n1. The molecule has 0 fully saturated rings. The highest BCUT2D eigenvalue weighted by atomic mass is 32.1. The summed E-state index contributed by atoms with van der Waals surface area (Å²) in [7, 11) is 0. The molecule has 7 heteroatoms. The molecule has 0 saturated heterocycles. The fourth-order valence-corrected chi connectivity index (χ4v) is 3.53. The summed E-state index contributed by atoms with van der Waals surface area (Å²) in [4.78, 5) is 21.7. The number of hydrogen-bond acceptors (Lipinski definition) is 5. The molecule has 0 saturated carbocycles. The number of carbonyl (C=O) groups is 1. The third-order valence-corrected chi connectivity index (χ3v) is 4.70. The number of hydrogen-bond donors (Lipinski definition) is 1. The van der Waals surface area contributed by atoms with Gasteiger partial charge in [0.2, 0.25) is 0 Å². The van der Waals surface area contributed by atoms with E-state index >= 15 is 0 Å². The zero-order chi connectivity index (χ0) is 14.1. The van der Waals surface area contributed by atoms with Crippen LogP contribution in [0.15, 0.2) is 23.3 Å². The van der Waals surface area contributed by atoms with Gasteiger partial charge in [-0.15, -0.1) is 22.7 Å². The van der Waals surface area contributed by atoms with Crippen LogP contribution in [0.5, 0.6) is 0 Å². The minimum absolute atomic E-state index is 0.101. The lowest BCUT2D eigenvalue weighted by molar-refractivity contribution is 0.0945. The number of aromatic nitrogens is 3. The van der Waals surface area contributed by atoms with Crippen molar-refractivity contribution in [2.45, 2.75) is 26.3 Å². The van der Waals surface area contributed by atoms with Crippen molar-refractivity contribution < 1.29 is 4.79 Å². The van der Waals surface area contributed by atoms with Crippen molar-refractivity contribution in [2.75, 3.05) is 0 Å². The molecule has 3 aromatic heterocycles. The summed E-state index contributed by atoms with van der Waals surface area (Å²) in [5.74, 6) is 0.314. The van der Waals surface area contributed by atoms with E-state index < -0.39 is 0 Å². The molecule has 104 valence electrons. The summed E-state index contributed by atoms with van der Waals surface area (Å²) in [6, 6.07) is 0. The number of imidazole rings is 1. The molecule has 0 radical (unpaired) electrons. The quantitative estimate of drug-likeness (QED) is 0.806. The first-order valence-electron chi connectivity index (χ1n) is 6.27. The summed E-state index contributed by atoms with van der Waals surface area (Å²) >= 11 is 3.09. The lowest BCUT2D eigenvalue weighted by atomic mass is 10.2. The molecule has 3 rings (SSSR count). The van der Waals surface area contributed by atoms with Crippen molar-refractivity contribution in [2.24, 2.45) is 0 Å². The molecule has 0 aliphatic carbocycles. The monoisotopic (exact) mass is 306 g/mol. The lowest BCUT2D eigenvalue weighted by Crippen LogP contribution is -2.23. The Morgan fingerprint density at radius 1 is 1.40 bits per heavy atom. The Kier molecular flexibility index (Phi) is 3.54. The first-order chi connectivity index (χ1) is 9.65. The number of rotatable bonds is 4. The summed E-state index contributed by atoms with van der Waals surface area (Å²) in [6.07, 6.45) is 3.40. The van der Waals surface area contributed by atoms with Gasteiger partial charge in [-0.2, -0.15) is 0 Å². The average Bonchev–Trinajstić information content (AvgIpc) is 3.11. The van der Waals surface area contributed by atoms with Crippen LogP contribution in [0.3, 0.4) is 0 Å². The number of carbonyl (C=O) groups excluding carboxylic acids is 1. The Labute approximate surface area is 124 Å². The van der Waals surface area contributed by atoms with Crippen LogP contribution in [0.2, 0.25) is 0 Å². The van der Waals surface area contributed by atoms with Gasteiger partial charge < -0.3 is 5.32 Å². The van der Waals surface area contributed by atoms with Gasteiger partial charge in [-0.25, -0.2) is 9.97 Å². The van der Waals surface area contributed by atoms with Crippen molar-refractivity contribution in [3.05, 3.63) is 39.7 Å². The van der Waals surface area contributed by atoms with Gasteiger partial charge in [0.05, 0.1) is 18.4 Å². The Hall–Kier alpha value is -1.73. The fourth-order valence-electron chi connectivity index (χ4n) is 1.80. The fraction of sp³-hybridized carbons (Fsp3) is 0.308. The molecule has 0 aliphatic rings. The number of fused-ring (bicyclic) bond motifs is 1. The number of amides is 1. The molecule has 0 unspecified atom stereocenters. The second-order valence-electron chi connectivity index (χ2n) is 4.73. The first-order valence-corrected chi connectivity index (χ1v) is 8.03. The maximum absolute atomic E-state index is 12.2. The number of thiazole rings is 2. The van der Waals surface area contributed by atoms with E-state index in [1.165, 1.54) is 11.3 Å². The predicted octanol–water partition coefficient (Wildman–Crippen LogP) is 2.91. The molecule has 0 aromatic carbocycles. The molecule has 0 bridgehead atoms. The highest BCUT2D eigenvalue weighted by molar-refractivity contribution is 7.15. The zero-order valence-corrected chi connectivity index (χ0v) is 12.8. The summed E-state index contributed by atoms with van der Waals surface area (Å²) in [6.45, 7) is 4.68. The maximum atomic E-state index is 12.2. The first kappa shape index (κ1) is 13.3. The highest BCUT2D eigenvalue weighted by Crippen LogP contribution is 2.18. The van der Waals surface area contributed by atoms with Gasteiger partial charge in [0.1, 0.15) is 21.9 Å². The largest absolute Gasteiger partial charge is 0.344 e. The van der Waals surface area contributed by atoms with Gasteiger partial charge in [0, 0.05) is 10.8 Å². The van der Waals surface area contributed by atoms with E-state index in [-0.39, 0.29) is 5.91 Å². The van der Waals surface area contributed by atoms with Gasteiger partial charge in [-0.05, 0) is 5.92 Å². The van der Waals surface area contributed by atoms with Crippen molar-refractivity contribution in [3.8, 4) is 0 Å². The number of nitrogens with zero attached hydrogens (tertiary/aromatic N) is 3. The van der Waals surface area contributed by atoms with E-state index in [9.17, 15) is 4.79 Å². The van der Waals surface area contributed by atoms with Crippen molar-refractivity contribution >= 4 is 33.4 Å². The van der Waals surface area contributed by atoms with Gasteiger partial charge in [0.25, 0.3) is 5.91 Å². The Bertz CT molecular complexity index is 740. The second kappa shape index (κ2) is 5.34. The van der Waals surface area contributed by atoms with Crippen molar-refractivity contribution in [3.63, 3.8) is 0 Å². The third kappa shape index (κ3) is 2.46. The minimum atomic E-state index is -0.101. The van der Waals surface area contributed by atoms with Crippen LogP contribution in [0.4, 0.5) is 0 Å². The minimum Gasteiger partial charge on any atom is -0.344 e. The molecule has 0 spiro atoms. The van der Waals surface area contributed by atoms with Crippen molar-refractivity contribution in [1.82, 2.24) is 19.7 Å². The van der Waals surface area contributed by atoms with Crippen LogP contribution in [0.25, 0.3) is 4.83 Å². The lowest BCUT2D eigenvalue weighted by Gasteiger charge is -2.02. The second-order valence-corrected chi connectivity index (χ2v) is 6.56. The molecular formula is C13H14N4OS2. The third-order valence-electron chi connectivity index (χ3n) is 2.95. The van der Waals surface area contributed by atoms with E-state index in [1.54, 1.807) is 28.3 Å². The van der Waals surface area contributed by atoms with Gasteiger partial charge >= 0.3 is 0 Å². The molecule has 3 aromatic rings. The van der Waals surface area contributed by atoms with Crippen molar-refractivity contribution in [1.29, 1.82) is 0 Å². The van der Waals surface area contributed by atoms with Gasteiger partial charge in [0.15, 0.2) is 0 Å². The molecule has 1 amide bonds. The molecule has 5 nitrogen and oxygen atoms in total.